The minimum atomic E-state index is -0.985. The summed E-state index contributed by atoms with van der Waals surface area (Å²) in [5.41, 5.74) is -1.37. The number of rotatable bonds is 5. The number of carbonyl (C=O) groups excluding carboxylic acids is 2. The van der Waals surface area contributed by atoms with Crippen molar-refractivity contribution in [3.8, 4) is 16.9 Å². The Kier molecular flexibility index (Phi) is 5.35. The molecule has 0 unspecified atom stereocenters. The van der Waals surface area contributed by atoms with E-state index in [0.29, 0.717) is 5.69 Å². The molecular weight excluding hydrogens is 385 g/mol. The van der Waals surface area contributed by atoms with Crippen molar-refractivity contribution in [3.63, 3.8) is 0 Å². The van der Waals surface area contributed by atoms with Crippen LogP contribution in [0.5, 0.6) is 0 Å². The van der Waals surface area contributed by atoms with Crippen molar-refractivity contribution in [2.24, 2.45) is 0 Å². The van der Waals surface area contributed by atoms with Crippen LogP contribution >= 0.6 is 0 Å². The van der Waals surface area contributed by atoms with Gasteiger partial charge >= 0.3 is 11.9 Å². The molecule has 0 aliphatic rings. The molecular formula is C19H14FN3O6. The molecule has 29 heavy (non-hydrogen) atoms. The second-order valence-corrected chi connectivity index (χ2v) is 5.72. The van der Waals surface area contributed by atoms with Crippen LogP contribution in [-0.2, 0) is 9.47 Å². The monoisotopic (exact) mass is 399 g/mol. The minimum absolute atomic E-state index is 0.282. The minimum Gasteiger partial charge on any atom is -0.465 e. The van der Waals surface area contributed by atoms with Crippen LogP contribution in [0.1, 0.15) is 20.8 Å². The van der Waals surface area contributed by atoms with E-state index in [1.54, 1.807) is 30.3 Å². The topological polar surface area (TPSA) is 114 Å². The number of aromatic nitrogens is 2. The fourth-order valence-electron chi connectivity index (χ4n) is 2.80. The lowest BCUT2D eigenvalue weighted by Crippen LogP contribution is -2.15. The van der Waals surface area contributed by atoms with Gasteiger partial charge in [0.05, 0.1) is 30.4 Å². The van der Waals surface area contributed by atoms with Crippen LogP contribution in [0, 0.1) is 15.9 Å². The van der Waals surface area contributed by atoms with Gasteiger partial charge in [0.2, 0.25) is 0 Å². The maximum atomic E-state index is 13.9. The van der Waals surface area contributed by atoms with E-state index in [1.807, 2.05) is 0 Å². The first-order chi connectivity index (χ1) is 13.9. The molecule has 0 spiro atoms. The van der Waals surface area contributed by atoms with Crippen molar-refractivity contribution in [2.45, 2.75) is 0 Å². The number of ether oxygens (including phenoxy) is 2. The number of halogens is 1. The number of hydrogen-bond donors (Lipinski definition) is 0. The van der Waals surface area contributed by atoms with Gasteiger partial charge in [-0.15, -0.1) is 0 Å². The summed E-state index contributed by atoms with van der Waals surface area (Å²) >= 11 is 0. The highest BCUT2D eigenvalue weighted by Crippen LogP contribution is 2.35. The van der Waals surface area contributed by atoms with Crippen LogP contribution in [0.15, 0.2) is 48.5 Å². The zero-order valence-electron chi connectivity index (χ0n) is 15.3. The van der Waals surface area contributed by atoms with Crippen LogP contribution in [0.3, 0.4) is 0 Å². The molecule has 0 bridgehead atoms. The molecule has 0 amide bonds. The first-order valence-electron chi connectivity index (χ1n) is 8.18. The Balaban J connectivity index is 2.44. The summed E-state index contributed by atoms with van der Waals surface area (Å²) in [5.74, 6) is -2.69. The zero-order chi connectivity index (χ0) is 21.1. The second kappa shape index (κ2) is 7.89. The maximum absolute atomic E-state index is 13.9. The Morgan fingerprint density at radius 2 is 1.72 bits per heavy atom. The third-order valence-corrected chi connectivity index (χ3v) is 4.06. The molecule has 0 aliphatic carbocycles. The SMILES string of the molecule is COC(=O)c1c(-c2cc(F)ccc2[N+](=O)[O-])nn(-c2ccccc2)c1C(=O)OC. The van der Waals surface area contributed by atoms with E-state index in [-0.39, 0.29) is 22.5 Å². The molecule has 10 heteroatoms. The van der Waals surface area contributed by atoms with E-state index in [0.717, 1.165) is 37.1 Å². The van der Waals surface area contributed by atoms with Gasteiger partial charge < -0.3 is 9.47 Å². The molecule has 0 saturated carbocycles. The molecule has 0 aliphatic heterocycles. The summed E-state index contributed by atoms with van der Waals surface area (Å²) in [5, 5.41) is 15.7. The normalized spacial score (nSPS) is 10.4. The fraction of sp³-hybridized carbons (Fsp3) is 0.105. The van der Waals surface area contributed by atoms with E-state index in [1.165, 1.54) is 0 Å². The number of carbonyl (C=O) groups is 2. The van der Waals surface area contributed by atoms with Crippen molar-refractivity contribution < 1.29 is 28.4 Å². The quantitative estimate of drug-likeness (QED) is 0.368. The predicted octanol–water partition coefficient (Wildman–Crippen LogP) is 3.16. The lowest BCUT2D eigenvalue weighted by molar-refractivity contribution is -0.384. The molecule has 2 aromatic carbocycles. The number of benzene rings is 2. The molecule has 148 valence electrons. The molecule has 3 aromatic rings. The molecule has 0 fully saturated rings. The van der Waals surface area contributed by atoms with Gasteiger partial charge in [0.25, 0.3) is 5.69 Å². The van der Waals surface area contributed by atoms with Crippen molar-refractivity contribution >= 4 is 17.6 Å². The Bertz CT molecular complexity index is 1110. The number of esters is 2. The number of para-hydroxylation sites is 1. The van der Waals surface area contributed by atoms with Gasteiger partial charge in [0.1, 0.15) is 17.1 Å². The average molecular weight is 399 g/mol. The van der Waals surface area contributed by atoms with Crippen LogP contribution in [0.2, 0.25) is 0 Å². The molecule has 9 nitrogen and oxygen atoms in total. The largest absolute Gasteiger partial charge is 0.465 e. The van der Waals surface area contributed by atoms with Crippen LogP contribution in [0.4, 0.5) is 10.1 Å². The van der Waals surface area contributed by atoms with Gasteiger partial charge in [-0.3, -0.25) is 10.1 Å². The molecule has 0 atom stereocenters. The van der Waals surface area contributed by atoms with Gasteiger partial charge in [0, 0.05) is 6.07 Å². The Labute approximate surface area is 163 Å². The van der Waals surface area contributed by atoms with Crippen LogP contribution < -0.4 is 0 Å². The third-order valence-electron chi connectivity index (χ3n) is 4.06. The number of nitrogens with zero attached hydrogens (tertiary/aromatic N) is 3. The van der Waals surface area contributed by atoms with Crippen molar-refractivity contribution in [3.05, 3.63) is 75.7 Å². The van der Waals surface area contributed by atoms with E-state index in [4.69, 9.17) is 9.47 Å². The van der Waals surface area contributed by atoms with E-state index in [9.17, 15) is 24.1 Å². The van der Waals surface area contributed by atoms with Crippen molar-refractivity contribution in [2.75, 3.05) is 14.2 Å². The van der Waals surface area contributed by atoms with Gasteiger partial charge in [0.15, 0.2) is 5.69 Å². The maximum Gasteiger partial charge on any atom is 0.357 e. The van der Waals surface area contributed by atoms with Gasteiger partial charge in [-0.2, -0.15) is 5.10 Å². The Morgan fingerprint density at radius 1 is 1.07 bits per heavy atom. The lowest BCUT2D eigenvalue weighted by atomic mass is 10.0. The molecule has 3 rings (SSSR count). The average Bonchev–Trinajstić information content (AvgIpc) is 3.13. The molecule has 0 saturated heterocycles. The highest BCUT2D eigenvalue weighted by atomic mass is 19.1. The summed E-state index contributed by atoms with van der Waals surface area (Å²) in [6.07, 6.45) is 0. The predicted molar refractivity (Wildman–Crippen MR) is 98.3 cm³/mol. The molecule has 0 N–H and O–H groups in total. The molecule has 0 radical (unpaired) electrons. The summed E-state index contributed by atoms with van der Waals surface area (Å²) in [6, 6.07) is 11.0. The fourth-order valence-corrected chi connectivity index (χ4v) is 2.80. The van der Waals surface area contributed by atoms with Crippen molar-refractivity contribution in [1.29, 1.82) is 0 Å². The first kappa shape index (κ1) is 19.7. The molecule has 1 heterocycles. The van der Waals surface area contributed by atoms with E-state index in [2.05, 4.69) is 5.10 Å². The number of nitro benzene ring substituents is 1. The number of nitro groups is 1. The Morgan fingerprint density at radius 3 is 2.31 bits per heavy atom. The standard InChI is InChI=1S/C19H14FN3O6/c1-28-18(24)15-16(13-10-11(20)8-9-14(13)23(26)27)21-22(17(15)19(25)29-2)12-6-4-3-5-7-12/h3-10H,1-2H3. The Hall–Kier alpha value is -4.08. The van der Waals surface area contributed by atoms with E-state index >= 15 is 0 Å². The third kappa shape index (κ3) is 3.55. The first-order valence-corrected chi connectivity index (χ1v) is 8.18. The molecule has 1 aromatic heterocycles. The van der Waals surface area contributed by atoms with Crippen LogP contribution in [-0.4, -0.2) is 40.9 Å². The van der Waals surface area contributed by atoms with E-state index < -0.39 is 28.4 Å². The summed E-state index contributed by atoms with van der Waals surface area (Å²) in [7, 11) is 2.18. The van der Waals surface area contributed by atoms with Gasteiger partial charge in [-0.1, -0.05) is 18.2 Å². The summed E-state index contributed by atoms with van der Waals surface area (Å²) < 4.78 is 24.5. The summed E-state index contributed by atoms with van der Waals surface area (Å²) in [4.78, 5) is 35.7. The van der Waals surface area contributed by atoms with Gasteiger partial charge in [-0.05, 0) is 24.3 Å². The number of hydrogen-bond acceptors (Lipinski definition) is 7. The summed E-state index contributed by atoms with van der Waals surface area (Å²) in [6.45, 7) is 0. The zero-order valence-corrected chi connectivity index (χ0v) is 15.3. The van der Waals surface area contributed by atoms with Gasteiger partial charge in [-0.25, -0.2) is 18.7 Å². The smallest absolute Gasteiger partial charge is 0.357 e. The second-order valence-electron chi connectivity index (χ2n) is 5.72. The number of methoxy groups -OCH3 is 2. The van der Waals surface area contributed by atoms with Crippen molar-refractivity contribution in [1.82, 2.24) is 9.78 Å². The highest BCUT2D eigenvalue weighted by Gasteiger charge is 2.34. The highest BCUT2D eigenvalue weighted by molar-refractivity contribution is 6.07. The lowest BCUT2D eigenvalue weighted by Gasteiger charge is -2.07. The van der Waals surface area contributed by atoms with Crippen LogP contribution in [0.25, 0.3) is 16.9 Å².